The van der Waals surface area contributed by atoms with Crippen molar-refractivity contribution in [2.75, 3.05) is 5.32 Å². The number of likely N-dealkylation sites (tertiary alicyclic amines) is 1. The molecule has 6 nitrogen and oxygen atoms in total. The quantitative estimate of drug-likeness (QED) is 0.739. The van der Waals surface area contributed by atoms with Crippen LogP contribution in [0.3, 0.4) is 0 Å². The number of benzene rings is 1. The fourth-order valence-electron chi connectivity index (χ4n) is 3.67. The molecule has 1 aromatic carbocycles. The number of rotatable bonds is 5. The van der Waals surface area contributed by atoms with Gasteiger partial charge in [0.15, 0.2) is 6.10 Å². The van der Waals surface area contributed by atoms with Gasteiger partial charge in [-0.1, -0.05) is 12.1 Å². The molecule has 0 radical (unpaired) electrons. The van der Waals surface area contributed by atoms with E-state index in [4.69, 9.17) is 4.74 Å². The summed E-state index contributed by atoms with van der Waals surface area (Å²) in [6.07, 6.45) is 2.16. The van der Waals surface area contributed by atoms with Crippen molar-refractivity contribution in [3.8, 4) is 0 Å². The molecule has 0 bridgehead atoms. The van der Waals surface area contributed by atoms with Crippen molar-refractivity contribution < 1.29 is 19.1 Å². The van der Waals surface area contributed by atoms with Crippen LogP contribution in [0, 0.1) is 0 Å². The second-order valence-corrected chi connectivity index (χ2v) is 8.38. The molecule has 0 unspecified atom stereocenters. The Morgan fingerprint density at radius 2 is 1.86 bits per heavy atom. The van der Waals surface area contributed by atoms with Crippen molar-refractivity contribution in [1.29, 1.82) is 0 Å². The lowest BCUT2D eigenvalue weighted by molar-refractivity contribution is -0.146. The van der Waals surface area contributed by atoms with Gasteiger partial charge in [0.2, 0.25) is 0 Å². The predicted molar refractivity (Wildman–Crippen MR) is 113 cm³/mol. The maximum absolute atomic E-state index is 12.8. The van der Waals surface area contributed by atoms with Gasteiger partial charge in [-0.25, -0.2) is 4.79 Å². The Hall–Kier alpha value is -2.67. The van der Waals surface area contributed by atoms with Crippen molar-refractivity contribution in [1.82, 2.24) is 4.90 Å². The minimum Gasteiger partial charge on any atom is -0.449 e. The average Bonchev–Trinajstić information content (AvgIpc) is 3.23. The van der Waals surface area contributed by atoms with Gasteiger partial charge >= 0.3 is 5.97 Å². The molecule has 29 heavy (non-hydrogen) atoms. The fraction of sp³-hybridized carbons (Fsp3) is 0.409. The van der Waals surface area contributed by atoms with Crippen molar-refractivity contribution in [3.63, 3.8) is 0 Å². The normalized spacial score (nSPS) is 20.0. The third kappa shape index (κ3) is 5.03. The Kier molecular flexibility index (Phi) is 6.69. The van der Waals surface area contributed by atoms with E-state index >= 15 is 0 Å². The number of amides is 2. The molecule has 7 heteroatoms. The Morgan fingerprint density at radius 3 is 2.52 bits per heavy atom. The monoisotopic (exact) mass is 414 g/mol. The number of carbonyl (C=O) groups is 3. The molecule has 154 valence electrons. The van der Waals surface area contributed by atoms with E-state index in [-0.39, 0.29) is 29.5 Å². The van der Waals surface area contributed by atoms with Crippen LogP contribution >= 0.6 is 11.3 Å². The Balaban J connectivity index is 1.64. The molecular formula is C22H26N2O4S. The summed E-state index contributed by atoms with van der Waals surface area (Å²) in [5, 5.41) is 4.59. The van der Waals surface area contributed by atoms with Gasteiger partial charge in [0.05, 0.1) is 10.4 Å². The van der Waals surface area contributed by atoms with E-state index in [1.54, 1.807) is 43.3 Å². The summed E-state index contributed by atoms with van der Waals surface area (Å²) in [6.45, 7) is 5.67. The van der Waals surface area contributed by atoms with Crippen molar-refractivity contribution in [2.45, 2.75) is 58.2 Å². The number of hydrogen-bond donors (Lipinski definition) is 1. The van der Waals surface area contributed by atoms with Crippen LogP contribution in [-0.4, -0.2) is 40.9 Å². The van der Waals surface area contributed by atoms with Gasteiger partial charge in [-0.15, -0.1) is 11.3 Å². The molecule has 0 saturated carbocycles. The highest BCUT2D eigenvalue weighted by molar-refractivity contribution is 7.12. The highest BCUT2D eigenvalue weighted by Crippen LogP contribution is 2.24. The van der Waals surface area contributed by atoms with Crippen LogP contribution in [0.2, 0.25) is 0 Å². The number of thiophene rings is 1. The average molecular weight is 415 g/mol. The third-order valence-electron chi connectivity index (χ3n) is 5.18. The van der Waals surface area contributed by atoms with E-state index < -0.39 is 12.1 Å². The van der Waals surface area contributed by atoms with Crippen LogP contribution < -0.4 is 5.32 Å². The van der Waals surface area contributed by atoms with Gasteiger partial charge in [-0.05, 0) is 69.7 Å². The molecule has 0 spiro atoms. The number of anilines is 1. The SMILES string of the molecule is C[C@@H]1CCC[C@H](C)N1C(=O)[C@@H](C)OC(=O)c1cccc(NC(=O)c2cccs2)c1. The lowest BCUT2D eigenvalue weighted by Gasteiger charge is -2.40. The summed E-state index contributed by atoms with van der Waals surface area (Å²) in [5.74, 6) is -0.988. The zero-order valence-corrected chi connectivity index (χ0v) is 17.7. The van der Waals surface area contributed by atoms with Gasteiger partial charge in [0.1, 0.15) is 0 Å². The number of nitrogens with one attached hydrogen (secondary N) is 1. The summed E-state index contributed by atoms with van der Waals surface area (Å²) in [5.41, 5.74) is 0.781. The summed E-state index contributed by atoms with van der Waals surface area (Å²) in [7, 11) is 0. The van der Waals surface area contributed by atoms with Crippen LogP contribution in [0.1, 0.15) is 60.1 Å². The summed E-state index contributed by atoms with van der Waals surface area (Å²) < 4.78 is 5.44. The van der Waals surface area contributed by atoms with E-state index in [1.807, 2.05) is 24.1 Å². The Labute approximate surface area is 174 Å². The molecule has 1 N–H and O–H groups in total. The van der Waals surface area contributed by atoms with E-state index in [2.05, 4.69) is 5.32 Å². The zero-order chi connectivity index (χ0) is 21.0. The molecular weight excluding hydrogens is 388 g/mol. The lowest BCUT2D eigenvalue weighted by Crippen LogP contribution is -2.51. The van der Waals surface area contributed by atoms with Crippen LogP contribution in [-0.2, 0) is 9.53 Å². The van der Waals surface area contributed by atoms with E-state index in [1.165, 1.54) is 11.3 Å². The van der Waals surface area contributed by atoms with Gasteiger partial charge < -0.3 is 15.0 Å². The summed E-state index contributed by atoms with van der Waals surface area (Å²) in [6, 6.07) is 10.3. The molecule has 0 aliphatic carbocycles. The van der Waals surface area contributed by atoms with Crippen LogP contribution in [0.25, 0.3) is 0 Å². The van der Waals surface area contributed by atoms with E-state index in [9.17, 15) is 14.4 Å². The summed E-state index contributed by atoms with van der Waals surface area (Å²) >= 11 is 1.34. The van der Waals surface area contributed by atoms with Crippen molar-refractivity contribution >= 4 is 34.8 Å². The lowest BCUT2D eigenvalue weighted by atomic mass is 9.97. The molecule has 3 rings (SSSR count). The number of nitrogens with zero attached hydrogens (tertiary/aromatic N) is 1. The number of esters is 1. The van der Waals surface area contributed by atoms with Gasteiger partial charge in [-0.3, -0.25) is 9.59 Å². The number of hydrogen-bond acceptors (Lipinski definition) is 5. The Bertz CT molecular complexity index is 871. The molecule has 2 amide bonds. The highest BCUT2D eigenvalue weighted by Gasteiger charge is 2.33. The molecule has 2 aromatic rings. The van der Waals surface area contributed by atoms with Gasteiger partial charge in [0, 0.05) is 17.8 Å². The first-order chi connectivity index (χ1) is 13.9. The minimum atomic E-state index is -0.866. The van der Waals surface area contributed by atoms with Crippen LogP contribution in [0.5, 0.6) is 0 Å². The second kappa shape index (κ2) is 9.22. The maximum atomic E-state index is 12.8. The largest absolute Gasteiger partial charge is 0.449 e. The van der Waals surface area contributed by atoms with Gasteiger partial charge in [0.25, 0.3) is 11.8 Å². The minimum absolute atomic E-state index is 0.142. The highest BCUT2D eigenvalue weighted by atomic mass is 32.1. The number of ether oxygens (including phenoxy) is 1. The van der Waals surface area contributed by atoms with Crippen LogP contribution in [0.15, 0.2) is 41.8 Å². The molecule has 1 aliphatic heterocycles. The predicted octanol–water partition coefficient (Wildman–Crippen LogP) is 4.34. The van der Waals surface area contributed by atoms with E-state index in [0.717, 1.165) is 19.3 Å². The van der Waals surface area contributed by atoms with E-state index in [0.29, 0.717) is 10.6 Å². The smallest absolute Gasteiger partial charge is 0.338 e. The molecule has 1 aliphatic rings. The zero-order valence-electron chi connectivity index (χ0n) is 16.9. The molecule has 1 aromatic heterocycles. The first kappa shape index (κ1) is 21.0. The first-order valence-corrected chi connectivity index (χ1v) is 10.7. The molecule has 2 heterocycles. The Morgan fingerprint density at radius 1 is 1.14 bits per heavy atom. The maximum Gasteiger partial charge on any atom is 0.338 e. The second-order valence-electron chi connectivity index (χ2n) is 7.43. The van der Waals surface area contributed by atoms with Crippen LogP contribution in [0.4, 0.5) is 5.69 Å². The number of piperidine rings is 1. The first-order valence-electron chi connectivity index (χ1n) is 9.85. The number of carbonyl (C=O) groups excluding carboxylic acids is 3. The molecule has 1 fully saturated rings. The van der Waals surface area contributed by atoms with Gasteiger partial charge in [-0.2, -0.15) is 0 Å². The fourth-order valence-corrected chi connectivity index (χ4v) is 4.29. The third-order valence-corrected chi connectivity index (χ3v) is 6.05. The standard InChI is InChI=1S/C22H26N2O4S/c1-14-7-4-8-15(2)24(14)21(26)16(3)28-22(27)17-9-5-10-18(13-17)23-20(25)19-11-6-12-29-19/h5-6,9-16H,4,7-8H2,1-3H3,(H,23,25)/t14-,15+,16-/m1/s1. The topological polar surface area (TPSA) is 75.7 Å². The summed E-state index contributed by atoms with van der Waals surface area (Å²) in [4.78, 5) is 40.0. The van der Waals surface area contributed by atoms with Crippen molar-refractivity contribution in [3.05, 3.63) is 52.2 Å². The van der Waals surface area contributed by atoms with Crippen molar-refractivity contribution in [2.24, 2.45) is 0 Å². The molecule has 1 saturated heterocycles. The molecule has 3 atom stereocenters.